The molecule has 0 aliphatic carbocycles. The van der Waals surface area contributed by atoms with Crippen LogP contribution in [0.4, 0.5) is 0 Å². The number of carbonyl (C=O) groups excluding carboxylic acids is 2. The van der Waals surface area contributed by atoms with E-state index in [9.17, 15) is 9.59 Å². The quantitative estimate of drug-likeness (QED) is 0.784. The number of aliphatic imine (C=N–C) groups is 1. The fourth-order valence-electron chi connectivity index (χ4n) is 3.95. The Labute approximate surface area is 177 Å². The second-order valence-electron chi connectivity index (χ2n) is 8.44. The van der Waals surface area contributed by atoms with Crippen LogP contribution in [-0.4, -0.2) is 53.8 Å². The van der Waals surface area contributed by atoms with E-state index in [1.165, 1.54) is 0 Å². The highest BCUT2D eigenvalue weighted by Gasteiger charge is 2.35. The minimum absolute atomic E-state index is 0.149. The van der Waals surface area contributed by atoms with Crippen LogP contribution in [0.15, 0.2) is 65.7 Å². The molecule has 1 unspecified atom stereocenters. The number of amidine groups is 1. The molecule has 0 N–H and O–H groups in total. The zero-order valence-electron chi connectivity index (χ0n) is 17.5. The van der Waals surface area contributed by atoms with Crippen LogP contribution in [0.5, 0.6) is 0 Å². The van der Waals surface area contributed by atoms with E-state index in [4.69, 9.17) is 4.74 Å². The number of benzene rings is 2. The Bertz CT molecular complexity index is 933. The highest BCUT2D eigenvalue weighted by Crippen LogP contribution is 2.28. The molecular formula is C24H27N3O3. The number of hydrogen-bond donors (Lipinski definition) is 0. The van der Waals surface area contributed by atoms with Crippen molar-refractivity contribution < 1.29 is 14.3 Å². The zero-order valence-corrected chi connectivity index (χ0v) is 17.5. The minimum atomic E-state index is -0.674. The third-order valence-electron chi connectivity index (χ3n) is 5.81. The largest absolute Gasteiger partial charge is 0.446 e. The first-order valence-electron chi connectivity index (χ1n) is 10.4. The fraction of sp³-hybridized carbons (Fsp3) is 0.375. The van der Waals surface area contributed by atoms with Gasteiger partial charge in [-0.3, -0.25) is 9.59 Å². The van der Waals surface area contributed by atoms with Crippen LogP contribution in [0.25, 0.3) is 0 Å². The van der Waals surface area contributed by atoms with Crippen molar-refractivity contribution >= 4 is 17.8 Å². The van der Waals surface area contributed by atoms with Crippen molar-refractivity contribution in [2.45, 2.75) is 31.8 Å². The molecule has 4 rings (SSSR count). The molecule has 0 spiro atoms. The summed E-state index contributed by atoms with van der Waals surface area (Å²) in [6, 6.07) is 19.9. The summed E-state index contributed by atoms with van der Waals surface area (Å²) >= 11 is 0. The Morgan fingerprint density at radius 3 is 2.23 bits per heavy atom. The van der Waals surface area contributed by atoms with Gasteiger partial charge in [-0.1, -0.05) is 74.5 Å². The Kier molecular flexibility index (Phi) is 5.57. The van der Waals surface area contributed by atoms with Crippen LogP contribution >= 0.6 is 0 Å². The van der Waals surface area contributed by atoms with Gasteiger partial charge >= 0.3 is 0 Å². The second-order valence-corrected chi connectivity index (χ2v) is 8.44. The molecule has 1 atom stereocenters. The summed E-state index contributed by atoms with van der Waals surface area (Å²) in [7, 11) is 0. The molecule has 1 fully saturated rings. The maximum Gasteiger partial charge on any atom is 0.296 e. The number of carbonyl (C=O) groups is 2. The van der Waals surface area contributed by atoms with Crippen LogP contribution in [-0.2, 0) is 19.7 Å². The Morgan fingerprint density at radius 2 is 1.60 bits per heavy atom. The van der Waals surface area contributed by atoms with Gasteiger partial charge in [0.05, 0.1) is 0 Å². The third-order valence-corrected chi connectivity index (χ3v) is 5.81. The molecule has 0 bridgehead atoms. The van der Waals surface area contributed by atoms with Crippen LogP contribution in [0, 0.1) is 0 Å². The number of amides is 2. The first-order valence-corrected chi connectivity index (χ1v) is 10.4. The molecule has 6 heteroatoms. The SMILES string of the molecule is CC(C)(CC(=O)N1CCN(C2=NC(=O)C(c3ccccc3)O2)CC1)c1ccccc1. The van der Waals surface area contributed by atoms with E-state index in [-0.39, 0.29) is 17.2 Å². The van der Waals surface area contributed by atoms with Crippen molar-refractivity contribution in [3.8, 4) is 0 Å². The van der Waals surface area contributed by atoms with Crippen molar-refractivity contribution in [1.82, 2.24) is 9.80 Å². The van der Waals surface area contributed by atoms with Crippen molar-refractivity contribution in [2.75, 3.05) is 26.2 Å². The van der Waals surface area contributed by atoms with Crippen LogP contribution < -0.4 is 0 Å². The van der Waals surface area contributed by atoms with Crippen molar-refractivity contribution in [3.05, 3.63) is 71.8 Å². The number of rotatable bonds is 4. The van der Waals surface area contributed by atoms with E-state index in [0.29, 0.717) is 38.6 Å². The summed E-state index contributed by atoms with van der Waals surface area (Å²) in [5.41, 5.74) is 1.75. The summed E-state index contributed by atoms with van der Waals surface area (Å²) in [6.45, 7) is 6.60. The fourth-order valence-corrected chi connectivity index (χ4v) is 3.95. The lowest BCUT2D eigenvalue weighted by Gasteiger charge is -2.36. The van der Waals surface area contributed by atoms with E-state index in [1.54, 1.807) is 0 Å². The second kappa shape index (κ2) is 8.30. The minimum Gasteiger partial charge on any atom is -0.446 e. The Hall–Kier alpha value is -3.15. The van der Waals surface area contributed by atoms with Gasteiger partial charge in [0, 0.05) is 38.2 Å². The molecule has 2 aromatic rings. The lowest BCUT2D eigenvalue weighted by Crippen LogP contribution is -2.51. The number of ether oxygens (including phenoxy) is 1. The maximum absolute atomic E-state index is 12.9. The van der Waals surface area contributed by atoms with Crippen molar-refractivity contribution in [1.29, 1.82) is 0 Å². The highest BCUT2D eigenvalue weighted by molar-refractivity contribution is 5.99. The monoisotopic (exact) mass is 405 g/mol. The summed E-state index contributed by atoms with van der Waals surface area (Å²) in [4.78, 5) is 33.1. The van der Waals surface area contributed by atoms with E-state index in [0.717, 1.165) is 11.1 Å². The maximum atomic E-state index is 12.9. The number of hydrogen-bond acceptors (Lipinski definition) is 4. The lowest BCUT2D eigenvalue weighted by atomic mass is 9.81. The van der Waals surface area contributed by atoms with Gasteiger partial charge in [0.2, 0.25) is 12.0 Å². The number of piperazine rings is 1. The Morgan fingerprint density at radius 1 is 1.00 bits per heavy atom. The first-order chi connectivity index (χ1) is 14.4. The van der Waals surface area contributed by atoms with E-state index < -0.39 is 6.10 Å². The van der Waals surface area contributed by atoms with E-state index in [2.05, 4.69) is 31.0 Å². The van der Waals surface area contributed by atoms with E-state index >= 15 is 0 Å². The molecule has 2 aliphatic heterocycles. The predicted octanol–water partition coefficient (Wildman–Crippen LogP) is 3.15. The summed E-state index contributed by atoms with van der Waals surface area (Å²) < 4.78 is 5.86. The average molecular weight is 405 g/mol. The predicted molar refractivity (Wildman–Crippen MR) is 115 cm³/mol. The topological polar surface area (TPSA) is 62.2 Å². The molecule has 156 valence electrons. The zero-order chi connectivity index (χ0) is 21.1. The van der Waals surface area contributed by atoms with Gasteiger partial charge in [-0.15, -0.1) is 0 Å². The molecule has 6 nitrogen and oxygen atoms in total. The van der Waals surface area contributed by atoms with Crippen LogP contribution in [0.3, 0.4) is 0 Å². The Balaban J connectivity index is 1.32. The third kappa shape index (κ3) is 4.22. The molecule has 2 amide bonds. The normalized spacial score (nSPS) is 19.5. The molecule has 1 saturated heterocycles. The molecule has 2 aliphatic rings. The standard InChI is InChI=1S/C24H27N3O3/c1-24(2,19-11-7-4-8-12-19)17-20(28)26-13-15-27(16-14-26)23-25-22(29)21(30-23)18-9-5-3-6-10-18/h3-12,21H,13-17H2,1-2H3. The molecule has 2 aromatic carbocycles. The molecule has 2 heterocycles. The van der Waals surface area contributed by atoms with Gasteiger partial charge in [-0.05, 0) is 11.0 Å². The van der Waals surface area contributed by atoms with Crippen molar-refractivity contribution in [2.24, 2.45) is 4.99 Å². The van der Waals surface area contributed by atoms with E-state index in [1.807, 2.05) is 58.3 Å². The average Bonchev–Trinajstić information content (AvgIpc) is 3.16. The molecule has 0 aromatic heterocycles. The van der Waals surface area contributed by atoms with Gasteiger partial charge in [-0.2, -0.15) is 4.99 Å². The van der Waals surface area contributed by atoms with Crippen molar-refractivity contribution in [3.63, 3.8) is 0 Å². The first kappa shape index (κ1) is 20.1. The van der Waals surface area contributed by atoms with Gasteiger partial charge in [-0.25, -0.2) is 0 Å². The summed E-state index contributed by atoms with van der Waals surface area (Å²) in [5.74, 6) is -0.129. The summed E-state index contributed by atoms with van der Waals surface area (Å²) in [6.07, 6.45) is -0.212. The summed E-state index contributed by atoms with van der Waals surface area (Å²) in [5, 5.41) is 0. The van der Waals surface area contributed by atoms with Crippen LogP contribution in [0.1, 0.15) is 37.5 Å². The molecular weight excluding hydrogens is 378 g/mol. The lowest BCUT2D eigenvalue weighted by molar-refractivity contribution is -0.133. The van der Waals surface area contributed by atoms with Crippen LogP contribution in [0.2, 0.25) is 0 Å². The van der Waals surface area contributed by atoms with Gasteiger partial charge in [0.1, 0.15) is 0 Å². The van der Waals surface area contributed by atoms with Gasteiger partial charge < -0.3 is 14.5 Å². The van der Waals surface area contributed by atoms with Gasteiger partial charge in [0.15, 0.2) is 0 Å². The number of nitrogens with zero attached hydrogens (tertiary/aromatic N) is 3. The smallest absolute Gasteiger partial charge is 0.296 e. The van der Waals surface area contributed by atoms with Gasteiger partial charge in [0.25, 0.3) is 11.9 Å². The molecule has 0 radical (unpaired) electrons. The highest BCUT2D eigenvalue weighted by atomic mass is 16.5. The molecule has 30 heavy (non-hydrogen) atoms. The molecule has 0 saturated carbocycles.